The number of anilines is 4. The maximum atomic E-state index is 13.9. The van der Waals surface area contributed by atoms with Crippen molar-refractivity contribution in [3.05, 3.63) is 125 Å². The van der Waals surface area contributed by atoms with Gasteiger partial charge in [0, 0.05) is 78.6 Å². The lowest BCUT2D eigenvalue weighted by molar-refractivity contribution is -0.122. The van der Waals surface area contributed by atoms with Gasteiger partial charge in [-0.25, -0.2) is 17.6 Å². The van der Waals surface area contributed by atoms with E-state index in [0.717, 1.165) is 74.9 Å². The quantitative estimate of drug-likeness (QED) is 0.119. The summed E-state index contributed by atoms with van der Waals surface area (Å²) in [6, 6.07) is 17.1. The van der Waals surface area contributed by atoms with E-state index in [1.807, 2.05) is 51.1 Å². The number of halogens is 4. The SMILES string of the molecule is Cc1noc(C)c1-c1ccc(NC2CCC(=O)NC2)c(NC(=O)[C@@H]2CCC(=O)N2c2ccc(F)c(F)c2)c1.Cc1noc(C)c1-c1ccc2c(c1)N=C([C@@H]1CCC(=O)N1c1ccc(F)c(F)c1)C2. The first kappa shape index (κ1) is 45.5. The second-order valence-corrected chi connectivity index (χ2v) is 17.3. The van der Waals surface area contributed by atoms with Crippen molar-refractivity contribution in [1.82, 2.24) is 15.6 Å². The van der Waals surface area contributed by atoms with Gasteiger partial charge < -0.3 is 29.9 Å². The molecule has 0 bridgehead atoms. The monoisotopic (exact) mass is 930 g/mol. The standard InChI is InChI=1S/C27H27F2N5O4.C23H19F2N3O2/c1-14-26(15(2)38-33-14)16-3-7-21(31-17-4-9-24(35)30-13-17)22(11-16)32-27(37)23-8-10-25(36)34(23)18-5-6-19(28)20(29)12-18;1-12-23(13(2)30-27-12)15-4-3-14-9-20(26-19(14)10-15)21-7-8-22(29)28(21)16-5-6-17(24)18(25)11-16/h3,5-7,11-12,17,23,31H,4,8-10,13H2,1-2H3,(H,30,35)(H,32,37);3-6,10-11,21H,7-9H2,1-2H3/t17?,23-;21-/m00/s1. The van der Waals surface area contributed by atoms with Crippen molar-refractivity contribution < 1.29 is 45.8 Å². The fourth-order valence-electron chi connectivity index (χ4n) is 9.41. The van der Waals surface area contributed by atoms with E-state index in [2.05, 4.69) is 26.3 Å². The van der Waals surface area contributed by atoms with Crippen molar-refractivity contribution in [3.63, 3.8) is 0 Å². The third-order valence-electron chi connectivity index (χ3n) is 12.7. The van der Waals surface area contributed by atoms with Gasteiger partial charge >= 0.3 is 0 Å². The Morgan fingerprint density at radius 1 is 0.676 bits per heavy atom. The molecule has 2 aromatic heterocycles. The highest BCUT2D eigenvalue weighted by Crippen LogP contribution is 2.39. The molecule has 0 aliphatic carbocycles. The first-order valence-corrected chi connectivity index (χ1v) is 22.2. The van der Waals surface area contributed by atoms with E-state index in [1.54, 1.807) is 17.9 Å². The summed E-state index contributed by atoms with van der Waals surface area (Å²) in [7, 11) is 0. The first-order valence-electron chi connectivity index (χ1n) is 22.2. The Bertz CT molecular complexity index is 2990. The van der Waals surface area contributed by atoms with Gasteiger partial charge in [0.15, 0.2) is 23.3 Å². The molecule has 3 fully saturated rings. The first-order chi connectivity index (χ1) is 32.6. The summed E-state index contributed by atoms with van der Waals surface area (Å²) in [5, 5.41) is 17.2. The summed E-state index contributed by atoms with van der Waals surface area (Å²) in [6.45, 7) is 7.84. The van der Waals surface area contributed by atoms with Gasteiger partial charge in [-0.3, -0.25) is 29.1 Å². The van der Waals surface area contributed by atoms with Crippen LogP contribution in [-0.4, -0.2) is 64.3 Å². The van der Waals surface area contributed by atoms with Gasteiger partial charge in [-0.15, -0.1) is 0 Å². The van der Waals surface area contributed by atoms with Gasteiger partial charge in [0.2, 0.25) is 23.6 Å². The van der Waals surface area contributed by atoms with Gasteiger partial charge in [0.1, 0.15) is 17.6 Å². The number of fused-ring (bicyclic) bond motifs is 1. The molecule has 6 aromatic rings. The summed E-state index contributed by atoms with van der Waals surface area (Å²) in [6.07, 6.45) is 2.92. The summed E-state index contributed by atoms with van der Waals surface area (Å²) >= 11 is 0. The van der Waals surface area contributed by atoms with Crippen LogP contribution in [-0.2, 0) is 25.6 Å². The van der Waals surface area contributed by atoms with E-state index in [4.69, 9.17) is 14.0 Å². The summed E-state index contributed by atoms with van der Waals surface area (Å²) in [5.74, 6) is -3.58. The molecule has 10 rings (SSSR count). The van der Waals surface area contributed by atoms with Crippen molar-refractivity contribution >= 4 is 57.8 Å². The smallest absolute Gasteiger partial charge is 0.247 e. The van der Waals surface area contributed by atoms with Gasteiger partial charge in [-0.1, -0.05) is 28.5 Å². The number of hydrogen-bond donors (Lipinski definition) is 3. The molecule has 4 amide bonds. The third kappa shape index (κ3) is 8.97. The Hall–Kier alpha value is -7.63. The van der Waals surface area contributed by atoms with Crippen LogP contribution in [0.1, 0.15) is 67.0 Å². The van der Waals surface area contributed by atoms with E-state index in [0.29, 0.717) is 67.2 Å². The van der Waals surface area contributed by atoms with E-state index in [1.165, 1.54) is 17.0 Å². The lowest BCUT2D eigenvalue weighted by Gasteiger charge is -2.27. The molecule has 4 aliphatic rings. The maximum absolute atomic E-state index is 13.9. The number of amides is 4. The highest BCUT2D eigenvalue weighted by atomic mass is 19.2. The number of nitrogens with one attached hydrogen (secondary N) is 3. The normalized spacial score (nSPS) is 18.9. The second kappa shape index (κ2) is 18.6. The highest BCUT2D eigenvalue weighted by molar-refractivity contribution is 6.10. The Labute approximate surface area is 387 Å². The van der Waals surface area contributed by atoms with Crippen molar-refractivity contribution in [2.24, 2.45) is 4.99 Å². The number of nitrogens with zero attached hydrogens (tertiary/aromatic N) is 5. The molecule has 0 spiro atoms. The van der Waals surface area contributed by atoms with Crippen molar-refractivity contribution in [1.29, 1.82) is 0 Å². The van der Waals surface area contributed by atoms with Crippen LogP contribution in [0.15, 0.2) is 86.8 Å². The number of benzene rings is 4. The lowest BCUT2D eigenvalue weighted by Crippen LogP contribution is -2.43. The molecular formula is C50H46F4N8O6. The van der Waals surface area contributed by atoms with Crippen LogP contribution in [0.3, 0.4) is 0 Å². The number of aromatic nitrogens is 2. The fourth-order valence-corrected chi connectivity index (χ4v) is 9.41. The highest BCUT2D eigenvalue weighted by Gasteiger charge is 2.39. The van der Waals surface area contributed by atoms with Crippen LogP contribution in [0.5, 0.6) is 0 Å². The number of piperidine rings is 1. The maximum Gasteiger partial charge on any atom is 0.247 e. The number of aryl methyl sites for hydroxylation is 4. The van der Waals surface area contributed by atoms with Gasteiger partial charge in [0.25, 0.3) is 0 Å². The largest absolute Gasteiger partial charge is 0.379 e. The van der Waals surface area contributed by atoms with Crippen molar-refractivity contribution in [2.75, 3.05) is 27.0 Å². The summed E-state index contributed by atoms with van der Waals surface area (Å²) < 4.78 is 65.1. The predicted octanol–water partition coefficient (Wildman–Crippen LogP) is 9.12. The molecule has 3 saturated heterocycles. The number of carbonyl (C=O) groups is 4. The number of hydrogen-bond acceptors (Lipinski definition) is 10. The molecular weight excluding hydrogens is 885 g/mol. The topological polar surface area (TPSA) is 175 Å². The van der Waals surface area contributed by atoms with Crippen molar-refractivity contribution in [3.8, 4) is 22.3 Å². The van der Waals surface area contributed by atoms with E-state index in [9.17, 15) is 36.7 Å². The molecule has 6 heterocycles. The Morgan fingerprint density at radius 2 is 1.28 bits per heavy atom. The zero-order valence-corrected chi connectivity index (χ0v) is 37.5. The average molecular weight is 931 g/mol. The molecule has 4 aromatic carbocycles. The Kier molecular flexibility index (Phi) is 12.4. The average Bonchev–Trinajstić information content (AvgIpc) is 4.15. The van der Waals surface area contributed by atoms with Gasteiger partial charge in [-0.2, -0.15) is 0 Å². The molecule has 18 heteroatoms. The molecule has 68 heavy (non-hydrogen) atoms. The minimum atomic E-state index is -1.10. The van der Waals surface area contributed by atoms with Crippen LogP contribution >= 0.6 is 0 Å². The summed E-state index contributed by atoms with van der Waals surface area (Å²) in [4.78, 5) is 57.9. The zero-order chi connectivity index (χ0) is 48.0. The summed E-state index contributed by atoms with van der Waals surface area (Å²) in [5.41, 5.74) is 9.40. The number of carbonyl (C=O) groups excluding carboxylic acids is 4. The van der Waals surface area contributed by atoms with E-state index < -0.39 is 35.2 Å². The van der Waals surface area contributed by atoms with Crippen LogP contribution in [0.25, 0.3) is 22.3 Å². The van der Waals surface area contributed by atoms with Crippen molar-refractivity contribution in [2.45, 2.75) is 90.8 Å². The molecule has 1 unspecified atom stereocenters. The Balaban J connectivity index is 0.000000174. The molecule has 0 radical (unpaired) electrons. The molecule has 14 nitrogen and oxygen atoms in total. The minimum Gasteiger partial charge on any atom is -0.379 e. The lowest BCUT2D eigenvalue weighted by atomic mass is 9.99. The Morgan fingerprint density at radius 3 is 1.88 bits per heavy atom. The molecule has 3 atom stereocenters. The number of rotatable bonds is 9. The number of aliphatic imine (C=N–C) groups is 1. The molecule has 350 valence electrons. The predicted molar refractivity (Wildman–Crippen MR) is 246 cm³/mol. The second-order valence-electron chi connectivity index (χ2n) is 17.3. The fraction of sp³-hybridized carbons (Fsp3) is 0.300. The third-order valence-corrected chi connectivity index (χ3v) is 12.7. The van der Waals surface area contributed by atoms with Crippen LogP contribution in [0.2, 0.25) is 0 Å². The zero-order valence-electron chi connectivity index (χ0n) is 37.5. The van der Waals surface area contributed by atoms with E-state index >= 15 is 0 Å². The van der Waals surface area contributed by atoms with Crippen LogP contribution < -0.4 is 25.8 Å². The van der Waals surface area contributed by atoms with Crippen LogP contribution in [0, 0.1) is 51.0 Å². The van der Waals surface area contributed by atoms with Crippen LogP contribution in [0.4, 0.5) is 46.0 Å². The van der Waals surface area contributed by atoms with E-state index in [-0.39, 0.29) is 48.3 Å². The molecule has 0 saturated carbocycles. The van der Waals surface area contributed by atoms with Gasteiger partial charge in [0.05, 0.1) is 34.5 Å². The minimum absolute atomic E-state index is 0.00597. The molecule has 3 N–H and O–H groups in total. The molecule has 4 aliphatic heterocycles. The van der Waals surface area contributed by atoms with Gasteiger partial charge in [-0.05, 0) is 106 Å².